The predicted octanol–water partition coefficient (Wildman–Crippen LogP) is 4.99. The molecule has 0 radical (unpaired) electrons. The number of ether oxygens (including phenoxy) is 1. The highest BCUT2D eigenvalue weighted by Gasteiger charge is 2.49. The second-order valence-corrected chi connectivity index (χ2v) is 11.3. The van der Waals surface area contributed by atoms with Crippen LogP contribution in [0.3, 0.4) is 0 Å². The summed E-state index contributed by atoms with van der Waals surface area (Å²) in [5.74, 6) is 2.07. The zero-order valence-electron chi connectivity index (χ0n) is 22.0. The van der Waals surface area contributed by atoms with Crippen LogP contribution in [-0.2, 0) is 0 Å². The summed E-state index contributed by atoms with van der Waals surface area (Å²) in [7, 11) is 0. The molecule has 4 heterocycles. The van der Waals surface area contributed by atoms with E-state index < -0.39 is 0 Å². The summed E-state index contributed by atoms with van der Waals surface area (Å²) in [4.78, 5) is 14.2. The summed E-state index contributed by atoms with van der Waals surface area (Å²) in [6.07, 6.45) is 6.32. The normalized spacial score (nSPS) is 20.4. The Morgan fingerprint density at radius 1 is 0.921 bits per heavy atom. The molecule has 2 aliphatic heterocycles. The van der Waals surface area contributed by atoms with Crippen molar-refractivity contribution in [1.29, 1.82) is 0 Å². The minimum atomic E-state index is 0.334. The lowest BCUT2D eigenvalue weighted by atomic mass is 9.66. The van der Waals surface area contributed by atoms with Gasteiger partial charge in [-0.1, -0.05) is 25.1 Å². The largest absolute Gasteiger partial charge is 0.457 e. The van der Waals surface area contributed by atoms with Crippen LogP contribution in [0.2, 0.25) is 0 Å². The fourth-order valence-electron chi connectivity index (χ4n) is 6.64. The van der Waals surface area contributed by atoms with Crippen LogP contribution in [0.1, 0.15) is 38.6 Å². The number of likely N-dealkylation sites (tertiary alicyclic amines) is 2. The van der Waals surface area contributed by atoms with Crippen molar-refractivity contribution in [1.82, 2.24) is 29.5 Å². The van der Waals surface area contributed by atoms with Crippen LogP contribution >= 0.6 is 0 Å². The van der Waals surface area contributed by atoms with Crippen LogP contribution in [0.5, 0.6) is 11.5 Å². The van der Waals surface area contributed by atoms with Crippen molar-refractivity contribution in [3.8, 4) is 22.8 Å². The van der Waals surface area contributed by atoms with Gasteiger partial charge in [0.2, 0.25) is 0 Å². The SMILES string of the molecule is CCN1CC(N2CC3(CCC(n4nc(-c5ccc(Oc6ccccc6)cc5)c5c(N)ncnc54)CC3)C2)C1. The summed E-state index contributed by atoms with van der Waals surface area (Å²) in [5.41, 5.74) is 9.54. The number of benzene rings is 2. The van der Waals surface area contributed by atoms with E-state index in [-0.39, 0.29) is 0 Å². The van der Waals surface area contributed by atoms with Gasteiger partial charge >= 0.3 is 0 Å². The molecule has 0 unspecified atom stereocenters. The molecule has 0 bridgehead atoms. The first-order valence-electron chi connectivity index (χ1n) is 13.9. The molecule has 8 nitrogen and oxygen atoms in total. The van der Waals surface area contributed by atoms with Crippen molar-refractivity contribution in [2.45, 2.75) is 44.7 Å². The van der Waals surface area contributed by atoms with Crippen molar-refractivity contribution in [3.63, 3.8) is 0 Å². The Balaban J connectivity index is 1.09. The van der Waals surface area contributed by atoms with Crippen molar-refractivity contribution in [2.24, 2.45) is 5.41 Å². The Labute approximate surface area is 223 Å². The number of nitrogen functional groups attached to an aromatic ring is 1. The van der Waals surface area contributed by atoms with E-state index in [9.17, 15) is 0 Å². The fraction of sp³-hybridized carbons (Fsp3) is 0.433. The van der Waals surface area contributed by atoms with E-state index in [1.807, 2.05) is 54.6 Å². The molecule has 2 aromatic carbocycles. The van der Waals surface area contributed by atoms with Gasteiger partial charge in [0.15, 0.2) is 5.65 Å². The Bertz CT molecular complexity index is 1410. The van der Waals surface area contributed by atoms with Crippen LogP contribution < -0.4 is 10.5 Å². The molecular formula is C30H35N7O. The molecule has 1 aliphatic carbocycles. The third-order valence-corrected chi connectivity index (χ3v) is 8.96. The number of nitrogens with two attached hydrogens (primary N) is 1. The van der Waals surface area contributed by atoms with Gasteiger partial charge in [0.1, 0.15) is 29.3 Å². The van der Waals surface area contributed by atoms with Gasteiger partial charge in [-0.15, -0.1) is 0 Å². The number of nitrogens with zero attached hydrogens (tertiary/aromatic N) is 6. The molecule has 7 rings (SSSR count). The summed E-state index contributed by atoms with van der Waals surface area (Å²) >= 11 is 0. The highest BCUT2D eigenvalue weighted by molar-refractivity contribution is 5.98. The van der Waals surface area contributed by atoms with Gasteiger partial charge in [-0.05, 0) is 74.0 Å². The monoisotopic (exact) mass is 509 g/mol. The molecule has 0 atom stereocenters. The molecule has 1 spiro atoms. The minimum absolute atomic E-state index is 0.334. The molecule has 3 aliphatic rings. The van der Waals surface area contributed by atoms with Gasteiger partial charge < -0.3 is 15.4 Å². The number of anilines is 1. The third-order valence-electron chi connectivity index (χ3n) is 8.96. The van der Waals surface area contributed by atoms with Crippen molar-refractivity contribution < 1.29 is 4.74 Å². The molecule has 4 aromatic rings. The van der Waals surface area contributed by atoms with E-state index in [2.05, 4.69) is 31.4 Å². The second-order valence-electron chi connectivity index (χ2n) is 11.3. The van der Waals surface area contributed by atoms with E-state index in [0.717, 1.165) is 52.7 Å². The van der Waals surface area contributed by atoms with E-state index in [1.165, 1.54) is 45.6 Å². The molecule has 38 heavy (non-hydrogen) atoms. The summed E-state index contributed by atoms with van der Waals surface area (Å²) < 4.78 is 8.11. The van der Waals surface area contributed by atoms with Crippen LogP contribution in [0.15, 0.2) is 60.9 Å². The summed E-state index contributed by atoms with van der Waals surface area (Å²) in [6.45, 7) is 8.46. The maximum Gasteiger partial charge on any atom is 0.164 e. The maximum absolute atomic E-state index is 6.39. The van der Waals surface area contributed by atoms with Crippen molar-refractivity contribution >= 4 is 16.9 Å². The molecule has 196 valence electrons. The summed E-state index contributed by atoms with van der Waals surface area (Å²) in [6, 6.07) is 18.9. The highest BCUT2D eigenvalue weighted by Crippen LogP contribution is 2.49. The molecule has 3 fully saturated rings. The van der Waals surface area contributed by atoms with Crippen LogP contribution in [0.4, 0.5) is 5.82 Å². The van der Waals surface area contributed by atoms with Gasteiger partial charge in [0.05, 0.1) is 11.4 Å². The minimum Gasteiger partial charge on any atom is -0.457 e. The van der Waals surface area contributed by atoms with E-state index >= 15 is 0 Å². The van der Waals surface area contributed by atoms with Crippen LogP contribution in [-0.4, -0.2) is 68.3 Å². The number of hydrogen-bond acceptors (Lipinski definition) is 7. The number of fused-ring (bicyclic) bond motifs is 1. The van der Waals surface area contributed by atoms with Crippen molar-refractivity contribution in [3.05, 3.63) is 60.9 Å². The Kier molecular flexibility index (Phi) is 5.82. The third kappa shape index (κ3) is 4.12. The average Bonchev–Trinajstić information content (AvgIpc) is 3.29. The number of rotatable bonds is 6. The molecule has 2 saturated heterocycles. The Hall–Kier alpha value is -3.49. The Morgan fingerprint density at radius 3 is 2.34 bits per heavy atom. The Morgan fingerprint density at radius 2 is 1.63 bits per heavy atom. The molecule has 0 amide bonds. The molecule has 8 heteroatoms. The zero-order valence-corrected chi connectivity index (χ0v) is 22.0. The smallest absolute Gasteiger partial charge is 0.164 e. The van der Waals surface area contributed by atoms with Gasteiger partial charge in [0.25, 0.3) is 0 Å². The van der Waals surface area contributed by atoms with Gasteiger partial charge in [-0.2, -0.15) is 5.10 Å². The van der Waals surface area contributed by atoms with Gasteiger partial charge in [0, 0.05) is 37.8 Å². The van der Waals surface area contributed by atoms with E-state index in [4.69, 9.17) is 15.6 Å². The van der Waals surface area contributed by atoms with Crippen LogP contribution in [0.25, 0.3) is 22.3 Å². The quantitative estimate of drug-likeness (QED) is 0.392. The first kappa shape index (κ1) is 23.6. The molecule has 2 N–H and O–H groups in total. The van der Waals surface area contributed by atoms with Crippen LogP contribution in [0, 0.1) is 5.41 Å². The zero-order chi connectivity index (χ0) is 25.7. The lowest BCUT2D eigenvalue weighted by Crippen LogP contribution is -2.68. The second kappa shape index (κ2) is 9.36. The standard InChI is InChI=1S/C30H35N7O/c1-2-35-16-23(17-35)36-18-30(19-36)14-12-22(13-15-30)37-29-26(28(31)32-20-33-29)27(34-37)21-8-10-25(11-9-21)38-24-6-4-3-5-7-24/h3-11,20,22-23H,2,12-19H2,1H3,(H2,31,32,33). The molecular weight excluding hydrogens is 474 g/mol. The lowest BCUT2D eigenvalue weighted by molar-refractivity contribution is -0.0988. The van der Waals surface area contributed by atoms with E-state index in [0.29, 0.717) is 17.3 Å². The summed E-state index contributed by atoms with van der Waals surface area (Å²) in [5, 5.41) is 5.95. The average molecular weight is 510 g/mol. The molecule has 1 saturated carbocycles. The van der Waals surface area contributed by atoms with E-state index in [1.54, 1.807) is 6.33 Å². The maximum atomic E-state index is 6.39. The van der Waals surface area contributed by atoms with Gasteiger partial charge in [-0.25, -0.2) is 14.6 Å². The number of aromatic nitrogens is 4. The number of hydrogen-bond donors (Lipinski definition) is 1. The van der Waals surface area contributed by atoms with Crippen molar-refractivity contribution in [2.75, 3.05) is 38.5 Å². The van der Waals surface area contributed by atoms with Gasteiger partial charge in [-0.3, -0.25) is 4.90 Å². The first-order valence-corrected chi connectivity index (χ1v) is 13.9. The topological polar surface area (TPSA) is 85.3 Å². The highest BCUT2D eigenvalue weighted by atomic mass is 16.5. The first-order chi connectivity index (χ1) is 18.6. The lowest BCUT2D eigenvalue weighted by Gasteiger charge is -2.59. The fourth-order valence-corrected chi connectivity index (χ4v) is 6.64. The predicted molar refractivity (Wildman–Crippen MR) is 149 cm³/mol. The molecule has 2 aromatic heterocycles. The number of likely N-dealkylation sites (N-methyl/N-ethyl adjacent to an activating group) is 1. The number of para-hydroxylation sites is 1.